The Labute approximate surface area is 215 Å². The number of piperidine rings is 1. The lowest BCUT2D eigenvalue weighted by Gasteiger charge is -2.36. The van der Waals surface area contributed by atoms with E-state index in [4.69, 9.17) is 21.4 Å². The molecular weight excluding hydrogens is 511 g/mol. The summed E-state index contributed by atoms with van der Waals surface area (Å²) < 4.78 is 47.4. The zero-order chi connectivity index (χ0) is 26.5. The van der Waals surface area contributed by atoms with Gasteiger partial charge in [0.25, 0.3) is 0 Å². The molecule has 8 nitrogen and oxygen atoms in total. The number of carbonyl (C=O) groups is 2. The fourth-order valence-corrected chi connectivity index (χ4v) is 5.48. The van der Waals surface area contributed by atoms with Crippen LogP contribution in [-0.2, 0) is 14.8 Å². The van der Waals surface area contributed by atoms with Crippen LogP contribution in [0.15, 0.2) is 53.4 Å². The predicted octanol–water partition coefficient (Wildman–Crippen LogP) is 4.14. The number of alkyl halides is 1. The maximum atomic E-state index is 15.0. The first-order chi connectivity index (χ1) is 16.9. The normalized spacial score (nSPS) is 19.0. The molecule has 0 spiro atoms. The molecule has 2 aromatic rings. The average Bonchev–Trinajstić information content (AvgIpc) is 2.84. The number of sulfonamides is 1. The van der Waals surface area contributed by atoms with Crippen LogP contribution in [0.2, 0.25) is 5.02 Å². The SMILES string of the molecule is CC(C)(CCCOc1ccc(Cl)cc1)C(=O)N[C@H]1CCN(S(=O)(=O)c2ccc(C(=O)O)cc2)C[C@H]1F. The van der Waals surface area contributed by atoms with E-state index in [0.29, 0.717) is 30.2 Å². The highest BCUT2D eigenvalue weighted by molar-refractivity contribution is 7.89. The second-order valence-corrected chi connectivity index (χ2v) is 11.7. The van der Waals surface area contributed by atoms with Gasteiger partial charge in [-0.15, -0.1) is 0 Å². The van der Waals surface area contributed by atoms with Crippen LogP contribution in [0, 0.1) is 5.41 Å². The number of ether oxygens (including phenoxy) is 1. The van der Waals surface area contributed by atoms with Crippen LogP contribution in [0.5, 0.6) is 5.75 Å². The molecule has 2 aromatic carbocycles. The van der Waals surface area contributed by atoms with Crippen molar-refractivity contribution in [2.45, 2.75) is 50.2 Å². The number of carboxylic acid groups (broad SMARTS) is 1. The fourth-order valence-electron chi connectivity index (χ4n) is 3.89. The summed E-state index contributed by atoms with van der Waals surface area (Å²) in [6.07, 6.45) is -0.336. The Morgan fingerprint density at radius 3 is 2.39 bits per heavy atom. The van der Waals surface area contributed by atoms with Gasteiger partial charge in [0, 0.05) is 23.5 Å². The van der Waals surface area contributed by atoms with Crippen molar-refractivity contribution < 1.29 is 32.2 Å². The van der Waals surface area contributed by atoms with Gasteiger partial charge in [-0.25, -0.2) is 17.6 Å². The topological polar surface area (TPSA) is 113 Å². The molecule has 1 amide bonds. The van der Waals surface area contributed by atoms with Crippen LogP contribution in [0.4, 0.5) is 4.39 Å². The molecule has 0 aliphatic carbocycles. The third kappa shape index (κ3) is 6.96. The van der Waals surface area contributed by atoms with Crippen molar-refractivity contribution in [3.63, 3.8) is 0 Å². The van der Waals surface area contributed by atoms with E-state index < -0.39 is 40.2 Å². The average molecular weight is 541 g/mol. The number of benzene rings is 2. The third-order valence-corrected chi connectivity index (χ3v) is 8.33. The Hall–Kier alpha value is -2.69. The van der Waals surface area contributed by atoms with Crippen LogP contribution < -0.4 is 10.1 Å². The van der Waals surface area contributed by atoms with Gasteiger partial charge in [-0.05, 0) is 67.8 Å². The number of rotatable bonds is 10. The number of carboxylic acids is 1. The van der Waals surface area contributed by atoms with Crippen molar-refractivity contribution >= 4 is 33.5 Å². The molecule has 196 valence electrons. The Kier molecular flexibility index (Phi) is 8.97. The van der Waals surface area contributed by atoms with Gasteiger partial charge in [0.05, 0.1) is 23.1 Å². The molecule has 0 saturated carbocycles. The number of hydrogen-bond donors (Lipinski definition) is 2. The zero-order valence-electron chi connectivity index (χ0n) is 20.1. The lowest BCUT2D eigenvalue weighted by atomic mass is 9.86. The van der Waals surface area contributed by atoms with Gasteiger partial charge in [-0.1, -0.05) is 25.4 Å². The standard InChI is InChI=1S/C25H30ClFN2O6S/c1-25(2,13-3-15-35-19-8-6-18(26)7-9-19)24(32)28-22-12-14-29(16-21(22)27)36(33,34)20-10-4-17(5-11-20)23(30)31/h4-11,21-22H,3,12-16H2,1-2H3,(H,28,32)(H,30,31)/t21-,22+/m1/s1. The molecule has 0 aromatic heterocycles. The summed E-state index contributed by atoms with van der Waals surface area (Å²) in [5, 5.41) is 12.3. The minimum Gasteiger partial charge on any atom is -0.494 e. The van der Waals surface area contributed by atoms with Gasteiger partial charge in [0.15, 0.2) is 0 Å². The highest BCUT2D eigenvalue weighted by Crippen LogP contribution is 2.27. The molecule has 1 aliphatic rings. The van der Waals surface area contributed by atoms with Crippen molar-refractivity contribution in [2.24, 2.45) is 5.41 Å². The van der Waals surface area contributed by atoms with Crippen LogP contribution in [0.3, 0.4) is 0 Å². The lowest BCUT2D eigenvalue weighted by Crippen LogP contribution is -2.55. The maximum absolute atomic E-state index is 15.0. The molecule has 36 heavy (non-hydrogen) atoms. The Morgan fingerprint density at radius 1 is 1.17 bits per heavy atom. The van der Waals surface area contributed by atoms with Gasteiger partial charge >= 0.3 is 5.97 Å². The van der Waals surface area contributed by atoms with Crippen molar-refractivity contribution in [3.05, 3.63) is 59.1 Å². The Morgan fingerprint density at radius 2 is 1.81 bits per heavy atom. The van der Waals surface area contributed by atoms with Crippen LogP contribution >= 0.6 is 11.6 Å². The van der Waals surface area contributed by atoms with Crippen molar-refractivity contribution in [1.29, 1.82) is 0 Å². The Balaban J connectivity index is 1.50. The molecule has 11 heteroatoms. The second-order valence-electron chi connectivity index (χ2n) is 9.37. The summed E-state index contributed by atoms with van der Waals surface area (Å²) in [5.74, 6) is -0.792. The lowest BCUT2D eigenvalue weighted by molar-refractivity contribution is -0.131. The van der Waals surface area contributed by atoms with E-state index >= 15 is 0 Å². The number of nitrogens with one attached hydrogen (secondary N) is 1. The Bertz CT molecular complexity index is 1170. The zero-order valence-corrected chi connectivity index (χ0v) is 21.7. The van der Waals surface area contributed by atoms with E-state index in [0.717, 1.165) is 4.31 Å². The molecule has 0 radical (unpaired) electrons. The van der Waals surface area contributed by atoms with E-state index in [-0.39, 0.29) is 29.3 Å². The third-order valence-electron chi connectivity index (χ3n) is 6.20. The molecule has 1 aliphatic heterocycles. The molecule has 0 unspecified atom stereocenters. The molecule has 1 saturated heterocycles. The summed E-state index contributed by atoms with van der Waals surface area (Å²) in [6, 6.07) is 11.0. The van der Waals surface area contributed by atoms with Gasteiger partial charge in [-0.3, -0.25) is 4.79 Å². The number of aromatic carboxylic acids is 1. The van der Waals surface area contributed by atoms with E-state index in [1.54, 1.807) is 38.1 Å². The number of amides is 1. The van der Waals surface area contributed by atoms with E-state index in [1.165, 1.54) is 24.3 Å². The minimum absolute atomic E-state index is 0.0315. The fraction of sp³-hybridized carbons (Fsp3) is 0.440. The van der Waals surface area contributed by atoms with Gasteiger partial charge in [-0.2, -0.15) is 4.31 Å². The van der Waals surface area contributed by atoms with E-state index in [9.17, 15) is 22.4 Å². The molecule has 3 rings (SSSR count). The molecule has 2 N–H and O–H groups in total. The molecule has 1 heterocycles. The van der Waals surface area contributed by atoms with Crippen molar-refractivity contribution in [1.82, 2.24) is 9.62 Å². The first kappa shape index (κ1) is 27.9. The number of nitrogens with zero attached hydrogens (tertiary/aromatic N) is 1. The van der Waals surface area contributed by atoms with Gasteiger partial charge in [0.2, 0.25) is 15.9 Å². The number of carbonyl (C=O) groups excluding carboxylic acids is 1. The van der Waals surface area contributed by atoms with Crippen LogP contribution in [0.25, 0.3) is 0 Å². The smallest absolute Gasteiger partial charge is 0.335 e. The summed E-state index contributed by atoms with van der Waals surface area (Å²) >= 11 is 5.85. The molecule has 0 bridgehead atoms. The van der Waals surface area contributed by atoms with Gasteiger partial charge in [0.1, 0.15) is 11.9 Å². The summed E-state index contributed by atoms with van der Waals surface area (Å²) in [5.41, 5.74) is -0.809. The van der Waals surface area contributed by atoms with Crippen molar-refractivity contribution in [3.8, 4) is 5.75 Å². The molecular formula is C25H30ClFN2O6S. The summed E-state index contributed by atoms with van der Waals surface area (Å²) in [4.78, 5) is 23.7. The predicted molar refractivity (Wildman–Crippen MR) is 134 cm³/mol. The largest absolute Gasteiger partial charge is 0.494 e. The second kappa shape index (κ2) is 11.6. The monoisotopic (exact) mass is 540 g/mol. The first-order valence-corrected chi connectivity index (χ1v) is 13.4. The number of halogens is 2. The van der Waals surface area contributed by atoms with E-state index in [1.807, 2.05) is 0 Å². The molecule has 2 atom stereocenters. The maximum Gasteiger partial charge on any atom is 0.335 e. The number of hydrogen-bond acceptors (Lipinski definition) is 5. The van der Waals surface area contributed by atoms with Crippen molar-refractivity contribution in [2.75, 3.05) is 19.7 Å². The van der Waals surface area contributed by atoms with Gasteiger partial charge < -0.3 is 15.2 Å². The summed E-state index contributed by atoms with van der Waals surface area (Å²) in [6.45, 7) is 3.59. The van der Waals surface area contributed by atoms with E-state index in [2.05, 4.69) is 5.32 Å². The first-order valence-electron chi connectivity index (χ1n) is 11.6. The van der Waals surface area contributed by atoms with Crippen LogP contribution in [-0.4, -0.2) is 61.6 Å². The highest BCUT2D eigenvalue weighted by atomic mass is 35.5. The minimum atomic E-state index is -3.99. The van der Waals surface area contributed by atoms with Crippen LogP contribution in [0.1, 0.15) is 43.5 Å². The quantitative estimate of drug-likeness (QED) is 0.438. The molecule has 1 fully saturated rings. The summed E-state index contributed by atoms with van der Waals surface area (Å²) in [7, 11) is -3.99. The highest BCUT2D eigenvalue weighted by Gasteiger charge is 2.38.